The number of thioether (sulfide) groups is 1. The molecule has 3 rings (SSSR count). The lowest BCUT2D eigenvalue weighted by atomic mass is 10.1. The molecule has 0 bridgehead atoms. The van der Waals surface area contributed by atoms with Gasteiger partial charge in [0, 0.05) is 24.2 Å². The van der Waals surface area contributed by atoms with Crippen molar-refractivity contribution in [3.8, 4) is 0 Å². The van der Waals surface area contributed by atoms with Crippen LogP contribution >= 0.6 is 23.4 Å². The second-order valence-electron chi connectivity index (χ2n) is 6.85. The van der Waals surface area contributed by atoms with E-state index in [2.05, 4.69) is 10.3 Å². The van der Waals surface area contributed by atoms with Crippen molar-refractivity contribution in [1.82, 2.24) is 4.90 Å². The van der Waals surface area contributed by atoms with Crippen molar-refractivity contribution in [2.45, 2.75) is 32.4 Å². The molecule has 2 aromatic carbocycles. The fourth-order valence-electron chi connectivity index (χ4n) is 3.02. The van der Waals surface area contributed by atoms with E-state index in [1.807, 2.05) is 51.1 Å². The molecular weight excluding hydrogens is 394 g/mol. The molecule has 0 aromatic heterocycles. The van der Waals surface area contributed by atoms with Gasteiger partial charge in [0.2, 0.25) is 11.8 Å². The van der Waals surface area contributed by atoms with Gasteiger partial charge in [-0.05, 0) is 55.7 Å². The lowest BCUT2D eigenvalue weighted by molar-refractivity contribution is -0.127. The number of aryl methyl sites for hydroxylation is 3. The average Bonchev–Trinajstić information content (AvgIpc) is 2.88. The summed E-state index contributed by atoms with van der Waals surface area (Å²) in [6.45, 7) is 5.82. The molecule has 1 aliphatic heterocycles. The van der Waals surface area contributed by atoms with Gasteiger partial charge in [-0.1, -0.05) is 41.6 Å². The predicted molar refractivity (Wildman–Crippen MR) is 117 cm³/mol. The van der Waals surface area contributed by atoms with Gasteiger partial charge in [-0.2, -0.15) is 0 Å². The fourth-order valence-corrected chi connectivity index (χ4v) is 4.39. The molecule has 2 aromatic rings. The molecular formula is C21H22ClN3O2S. The summed E-state index contributed by atoms with van der Waals surface area (Å²) in [6.07, 6.45) is 0.0975. The van der Waals surface area contributed by atoms with Crippen LogP contribution in [0.4, 0.5) is 11.4 Å². The molecule has 1 heterocycles. The maximum atomic E-state index is 12.6. The first kappa shape index (κ1) is 20.4. The van der Waals surface area contributed by atoms with E-state index in [-0.39, 0.29) is 18.2 Å². The highest BCUT2D eigenvalue weighted by molar-refractivity contribution is 8.15. The lowest BCUT2D eigenvalue weighted by Gasteiger charge is -2.12. The minimum Gasteiger partial charge on any atom is -0.326 e. The number of nitrogens with zero attached hydrogens (tertiary/aromatic N) is 2. The quantitative estimate of drug-likeness (QED) is 0.775. The minimum absolute atomic E-state index is 0.0975. The number of amidine groups is 1. The summed E-state index contributed by atoms with van der Waals surface area (Å²) in [5, 5.41) is 3.69. The third-order valence-electron chi connectivity index (χ3n) is 4.63. The van der Waals surface area contributed by atoms with Crippen LogP contribution in [-0.2, 0) is 9.59 Å². The summed E-state index contributed by atoms with van der Waals surface area (Å²) >= 11 is 7.31. The van der Waals surface area contributed by atoms with Gasteiger partial charge in [-0.15, -0.1) is 0 Å². The molecule has 1 atom stereocenters. The molecule has 7 heteroatoms. The summed E-state index contributed by atoms with van der Waals surface area (Å²) in [6, 6.07) is 11.3. The molecule has 1 N–H and O–H groups in total. The molecule has 0 unspecified atom stereocenters. The summed E-state index contributed by atoms with van der Waals surface area (Å²) in [4.78, 5) is 31.2. The van der Waals surface area contributed by atoms with Gasteiger partial charge in [-0.25, -0.2) is 4.99 Å². The van der Waals surface area contributed by atoms with E-state index in [0.29, 0.717) is 10.2 Å². The Morgan fingerprint density at radius 2 is 1.86 bits per heavy atom. The first-order chi connectivity index (χ1) is 13.3. The summed E-state index contributed by atoms with van der Waals surface area (Å²) < 4.78 is 0. The molecule has 5 nitrogen and oxygen atoms in total. The van der Waals surface area contributed by atoms with Crippen molar-refractivity contribution >= 4 is 51.7 Å². The van der Waals surface area contributed by atoms with Crippen molar-refractivity contribution in [2.75, 3.05) is 12.4 Å². The number of hydrogen-bond acceptors (Lipinski definition) is 4. The van der Waals surface area contributed by atoms with Gasteiger partial charge in [0.1, 0.15) is 5.25 Å². The highest BCUT2D eigenvalue weighted by Crippen LogP contribution is 2.32. The Morgan fingerprint density at radius 3 is 2.50 bits per heavy atom. The number of hydrogen-bond donors (Lipinski definition) is 1. The maximum absolute atomic E-state index is 12.6. The average molecular weight is 416 g/mol. The number of aliphatic imine (C=N–C) groups is 1. The zero-order chi connectivity index (χ0) is 20.4. The number of para-hydroxylation sites is 1. The highest BCUT2D eigenvalue weighted by Gasteiger charge is 2.37. The van der Waals surface area contributed by atoms with E-state index in [1.54, 1.807) is 13.1 Å². The number of carbonyl (C=O) groups excluding carboxylic acids is 2. The Hall–Kier alpha value is -2.31. The Bertz CT molecular complexity index is 954. The molecule has 1 saturated heterocycles. The molecule has 28 heavy (non-hydrogen) atoms. The highest BCUT2D eigenvalue weighted by atomic mass is 35.5. The first-order valence-electron chi connectivity index (χ1n) is 8.91. The Labute approximate surface area is 174 Å². The van der Waals surface area contributed by atoms with E-state index in [4.69, 9.17) is 11.6 Å². The number of benzene rings is 2. The third kappa shape index (κ3) is 4.39. The number of amides is 2. The number of anilines is 1. The lowest BCUT2D eigenvalue weighted by Crippen LogP contribution is -2.30. The molecule has 2 amide bonds. The summed E-state index contributed by atoms with van der Waals surface area (Å²) in [5.74, 6) is -0.299. The SMILES string of the molecule is Cc1cc(Cl)ccc1N=C1S[C@@H](CC(=O)Nc2c(C)cccc2C)C(=O)N1C. The van der Waals surface area contributed by atoms with Crippen LogP contribution in [0.3, 0.4) is 0 Å². The minimum atomic E-state index is -0.485. The molecule has 1 fully saturated rings. The van der Waals surface area contributed by atoms with Crippen LogP contribution < -0.4 is 5.32 Å². The van der Waals surface area contributed by atoms with Crippen LogP contribution in [0.5, 0.6) is 0 Å². The Balaban J connectivity index is 1.73. The van der Waals surface area contributed by atoms with Crippen LogP contribution in [0.25, 0.3) is 0 Å². The van der Waals surface area contributed by atoms with E-state index in [1.165, 1.54) is 16.7 Å². The van der Waals surface area contributed by atoms with Crippen LogP contribution in [0.1, 0.15) is 23.1 Å². The van der Waals surface area contributed by atoms with Gasteiger partial charge in [0.25, 0.3) is 0 Å². The standard InChI is InChI=1S/C21H22ClN3O2S/c1-12-6-5-7-13(2)19(12)24-18(26)11-17-20(27)25(4)21(28-17)23-16-9-8-15(22)10-14(16)3/h5-10,17H,11H2,1-4H3,(H,24,26)/t17-/m0/s1. The topological polar surface area (TPSA) is 61.8 Å². The normalized spacial score (nSPS) is 18.0. The zero-order valence-corrected chi connectivity index (χ0v) is 17.8. The van der Waals surface area contributed by atoms with Gasteiger partial charge in [0.15, 0.2) is 5.17 Å². The van der Waals surface area contributed by atoms with Crippen LogP contribution in [0, 0.1) is 20.8 Å². The van der Waals surface area contributed by atoms with E-state index in [9.17, 15) is 9.59 Å². The van der Waals surface area contributed by atoms with Crippen LogP contribution in [0.15, 0.2) is 41.4 Å². The number of halogens is 1. The van der Waals surface area contributed by atoms with E-state index < -0.39 is 5.25 Å². The Morgan fingerprint density at radius 1 is 1.18 bits per heavy atom. The van der Waals surface area contributed by atoms with Crippen molar-refractivity contribution in [3.63, 3.8) is 0 Å². The molecule has 146 valence electrons. The first-order valence-corrected chi connectivity index (χ1v) is 10.2. The smallest absolute Gasteiger partial charge is 0.242 e. The largest absolute Gasteiger partial charge is 0.326 e. The second kappa shape index (κ2) is 8.37. The molecule has 0 radical (unpaired) electrons. The number of rotatable bonds is 4. The van der Waals surface area contributed by atoms with E-state index in [0.717, 1.165) is 28.1 Å². The summed E-state index contributed by atoms with van der Waals surface area (Å²) in [7, 11) is 1.68. The zero-order valence-electron chi connectivity index (χ0n) is 16.2. The molecule has 0 saturated carbocycles. The monoisotopic (exact) mass is 415 g/mol. The fraction of sp³-hybridized carbons (Fsp3) is 0.286. The van der Waals surface area contributed by atoms with Gasteiger partial charge in [0.05, 0.1) is 5.69 Å². The number of nitrogens with one attached hydrogen (secondary N) is 1. The Kier molecular flexibility index (Phi) is 6.10. The molecule has 0 spiro atoms. The van der Waals surface area contributed by atoms with Crippen LogP contribution in [-0.4, -0.2) is 34.2 Å². The van der Waals surface area contributed by atoms with Crippen molar-refractivity contribution in [1.29, 1.82) is 0 Å². The number of carbonyl (C=O) groups is 2. The van der Waals surface area contributed by atoms with Crippen molar-refractivity contribution < 1.29 is 9.59 Å². The molecule has 1 aliphatic rings. The van der Waals surface area contributed by atoms with Crippen LogP contribution in [0.2, 0.25) is 5.02 Å². The third-order valence-corrected chi connectivity index (χ3v) is 6.10. The van der Waals surface area contributed by atoms with Gasteiger partial charge < -0.3 is 5.32 Å². The maximum Gasteiger partial charge on any atom is 0.242 e. The predicted octanol–water partition coefficient (Wildman–Crippen LogP) is 4.86. The second-order valence-corrected chi connectivity index (χ2v) is 8.45. The molecule has 0 aliphatic carbocycles. The van der Waals surface area contributed by atoms with Crippen molar-refractivity contribution in [2.24, 2.45) is 4.99 Å². The van der Waals surface area contributed by atoms with Gasteiger partial charge >= 0.3 is 0 Å². The van der Waals surface area contributed by atoms with E-state index >= 15 is 0 Å². The summed E-state index contributed by atoms with van der Waals surface area (Å²) in [5.41, 5.74) is 4.49. The van der Waals surface area contributed by atoms with Crippen molar-refractivity contribution in [3.05, 3.63) is 58.1 Å². The van der Waals surface area contributed by atoms with Gasteiger partial charge in [-0.3, -0.25) is 14.5 Å².